The molecule has 17 heavy (non-hydrogen) atoms. The van der Waals surface area contributed by atoms with Crippen molar-refractivity contribution in [2.75, 3.05) is 25.1 Å². The molecule has 1 aliphatic heterocycles. The maximum atomic E-state index is 8.83. The van der Waals surface area contributed by atoms with Crippen molar-refractivity contribution in [2.45, 2.75) is 12.8 Å². The lowest BCUT2D eigenvalue weighted by molar-refractivity contribution is 0.185. The van der Waals surface area contributed by atoms with E-state index in [0.29, 0.717) is 22.3 Å². The van der Waals surface area contributed by atoms with Gasteiger partial charge < -0.3 is 10.1 Å². The van der Waals surface area contributed by atoms with Gasteiger partial charge in [0.15, 0.2) is 0 Å². The fourth-order valence-corrected chi connectivity index (χ4v) is 2.08. The lowest BCUT2D eigenvalue weighted by Crippen LogP contribution is -2.10. The van der Waals surface area contributed by atoms with Crippen molar-refractivity contribution in [3.63, 3.8) is 0 Å². The molecule has 0 amide bonds. The first-order chi connectivity index (χ1) is 8.31. The first-order valence-electron chi connectivity index (χ1n) is 5.67. The molecule has 1 fully saturated rings. The molecule has 90 valence electrons. The van der Waals surface area contributed by atoms with Gasteiger partial charge in [0.1, 0.15) is 16.9 Å². The van der Waals surface area contributed by atoms with E-state index < -0.39 is 0 Å². The number of nitrogens with one attached hydrogen (secondary N) is 1. The van der Waals surface area contributed by atoms with E-state index in [0.717, 1.165) is 32.6 Å². The van der Waals surface area contributed by atoms with Crippen molar-refractivity contribution in [1.82, 2.24) is 4.98 Å². The molecule has 4 nitrogen and oxygen atoms in total. The van der Waals surface area contributed by atoms with Gasteiger partial charge in [-0.3, -0.25) is 0 Å². The molecular weight excluding hydrogens is 238 g/mol. The largest absolute Gasteiger partial charge is 0.381 e. The fraction of sp³-hybridized carbons (Fsp3) is 0.500. The molecule has 1 aromatic rings. The smallest absolute Gasteiger partial charge is 0.146 e. The minimum absolute atomic E-state index is 0.401. The van der Waals surface area contributed by atoms with Crippen LogP contribution in [0, 0.1) is 17.2 Å². The van der Waals surface area contributed by atoms with Crippen LogP contribution in [0.25, 0.3) is 0 Å². The van der Waals surface area contributed by atoms with Crippen LogP contribution in [0.3, 0.4) is 0 Å². The molecule has 5 heteroatoms. The third-order valence-electron chi connectivity index (χ3n) is 2.88. The van der Waals surface area contributed by atoms with Crippen LogP contribution in [0.1, 0.15) is 18.4 Å². The molecule has 1 unspecified atom stereocenters. The maximum Gasteiger partial charge on any atom is 0.146 e. The number of anilines is 1. The molecule has 2 rings (SSSR count). The Labute approximate surface area is 106 Å². The Kier molecular flexibility index (Phi) is 4.18. The number of hydrogen-bond acceptors (Lipinski definition) is 4. The topological polar surface area (TPSA) is 57.9 Å². The predicted octanol–water partition coefficient (Wildman–Crippen LogP) is 2.45. The van der Waals surface area contributed by atoms with E-state index in [4.69, 9.17) is 21.6 Å². The summed E-state index contributed by atoms with van der Waals surface area (Å²) in [5, 5.41) is 12.4. The van der Waals surface area contributed by atoms with Gasteiger partial charge >= 0.3 is 0 Å². The molecule has 1 atom stereocenters. The minimum Gasteiger partial charge on any atom is -0.381 e. The average Bonchev–Trinajstić information content (AvgIpc) is 2.84. The average molecular weight is 252 g/mol. The van der Waals surface area contributed by atoms with Crippen LogP contribution in [0.2, 0.25) is 5.02 Å². The normalized spacial score (nSPS) is 18.9. The van der Waals surface area contributed by atoms with Crippen LogP contribution < -0.4 is 5.32 Å². The van der Waals surface area contributed by atoms with Crippen LogP contribution in [0.5, 0.6) is 0 Å². The second kappa shape index (κ2) is 5.85. The number of nitrogens with zero attached hydrogens (tertiary/aromatic N) is 2. The van der Waals surface area contributed by atoms with E-state index in [1.165, 1.54) is 0 Å². The third-order valence-corrected chi connectivity index (χ3v) is 3.26. The first-order valence-corrected chi connectivity index (χ1v) is 6.05. The molecule has 1 aliphatic rings. The molecule has 0 aromatic carbocycles. The number of ether oxygens (including phenoxy) is 1. The summed E-state index contributed by atoms with van der Waals surface area (Å²) in [4.78, 5) is 4.13. The maximum absolute atomic E-state index is 8.83. The second-order valence-electron chi connectivity index (χ2n) is 4.08. The Balaban J connectivity index is 1.88. The molecule has 0 spiro atoms. The summed E-state index contributed by atoms with van der Waals surface area (Å²) in [7, 11) is 0. The lowest BCUT2D eigenvalue weighted by Gasteiger charge is -2.10. The number of aromatic nitrogens is 1. The van der Waals surface area contributed by atoms with E-state index in [1.54, 1.807) is 12.3 Å². The van der Waals surface area contributed by atoms with Gasteiger partial charge in [-0.2, -0.15) is 5.26 Å². The molecule has 2 heterocycles. The van der Waals surface area contributed by atoms with E-state index in [9.17, 15) is 0 Å². The Morgan fingerprint density at radius 3 is 3.24 bits per heavy atom. The van der Waals surface area contributed by atoms with Crippen LogP contribution in [-0.2, 0) is 4.74 Å². The Bertz CT molecular complexity index is 424. The molecule has 0 radical (unpaired) electrons. The summed E-state index contributed by atoms with van der Waals surface area (Å²) >= 11 is 6.03. The van der Waals surface area contributed by atoms with Gasteiger partial charge in [-0.1, -0.05) is 11.6 Å². The quantitative estimate of drug-likeness (QED) is 0.893. The van der Waals surface area contributed by atoms with Crippen molar-refractivity contribution in [3.8, 4) is 6.07 Å². The minimum atomic E-state index is 0.401. The third kappa shape index (κ3) is 3.09. The number of hydrogen-bond donors (Lipinski definition) is 1. The van der Waals surface area contributed by atoms with Gasteiger partial charge in [-0.25, -0.2) is 4.98 Å². The zero-order valence-electron chi connectivity index (χ0n) is 9.45. The number of nitriles is 1. The van der Waals surface area contributed by atoms with E-state index in [2.05, 4.69) is 10.3 Å². The van der Waals surface area contributed by atoms with Crippen LogP contribution >= 0.6 is 11.6 Å². The van der Waals surface area contributed by atoms with Gasteiger partial charge in [0, 0.05) is 26.0 Å². The van der Waals surface area contributed by atoms with Crippen LogP contribution in [-0.4, -0.2) is 24.7 Å². The van der Waals surface area contributed by atoms with Crippen molar-refractivity contribution in [1.29, 1.82) is 5.26 Å². The molecule has 0 saturated carbocycles. The highest BCUT2D eigenvalue weighted by atomic mass is 35.5. The van der Waals surface area contributed by atoms with Crippen molar-refractivity contribution >= 4 is 17.4 Å². The zero-order chi connectivity index (χ0) is 12.1. The molecular formula is C12H14ClN3O. The number of halogens is 1. The standard InChI is InChI=1S/C12H14ClN3O/c13-11-10(7-14)2-5-16-12(11)15-4-1-9-3-6-17-8-9/h2,5,9H,1,3-4,6,8H2,(H,15,16). The van der Waals surface area contributed by atoms with E-state index >= 15 is 0 Å². The molecule has 0 aliphatic carbocycles. The van der Waals surface area contributed by atoms with Crippen LogP contribution in [0.4, 0.5) is 5.82 Å². The van der Waals surface area contributed by atoms with Gasteiger partial charge in [-0.15, -0.1) is 0 Å². The van der Waals surface area contributed by atoms with Gasteiger partial charge in [-0.05, 0) is 24.8 Å². The summed E-state index contributed by atoms with van der Waals surface area (Å²) in [6, 6.07) is 3.64. The summed E-state index contributed by atoms with van der Waals surface area (Å²) in [6.45, 7) is 2.52. The zero-order valence-corrected chi connectivity index (χ0v) is 10.2. The van der Waals surface area contributed by atoms with E-state index in [1.807, 2.05) is 6.07 Å². The van der Waals surface area contributed by atoms with Gasteiger partial charge in [0.05, 0.1) is 5.56 Å². The van der Waals surface area contributed by atoms with Crippen molar-refractivity contribution in [2.24, 2.45) is 5.92 Å². The number of pyridine rings is 1. The highest BCUT2D eigenvalue weighted by molar-refractivity contribution is 6.34. The lowest BCUT2D eigenvalue weighted by atomic mass is 10.1. The summed E-state index contributed by atoms with van der Waals surface area (Å²) in [5.41, 5.74) is 0.452. The predicted molar refractivity (Wildman–Crippen MR) is 66.0 cm³/mol. The summed E-state index contributed by atoms with van der Waals surface area (Å²) in [5.74, 6) is 1.21. The summed E-state index contributed by atoms with van der Waals surface area (Å²) in [6.07, 6.45) is 3.75. The second-order valence-corrected chi connectivity index (χ2v) is 4.46. The summed E-state index contributed by atoms with van der Waals surface area (Å²) < 4.78 is 5.31. The molecule has 1 saturated heterocycles. The van der Waals surface area contributed by atoms with Gasteiger partial charge in [0.25, 0.3) is 0 Å². The van der Waals surface area contributed by atoms with Crippen molar-refractivity contribution in [3.05, 3.63) is 22.8 Å². The SMILES string of the molecule is N#Cc1ccnc(NCCC2CCOC2)c1Cl. The van der Waals surface area contributed by atoms with Gasteiger partial charge in [0.2, 0.25) is 0 Å². The molecule has 1 aromatic heterocycles. The van der Waals surface area contributed by atoms with Crippen LogP contribution in [0.15, 0.2) is 12.3 Å². The molecule has 1 N–H and O–H groups in total. The Morgan fingerprint density at radius 1 is 1.65 bits per heavy atom. The number of rotatable bonds is 4. The molecule has 0 bridgehead atoms. The fourth-order valence-electron chi connectivity index (χ4n) is 1.86. The van der Waals surface area contributed by atoms with Crippen molar-refractivity contribution < 1.29 is 4.74 Å². The first kappa shape index (κ1) is 12.2. The monoisotopic (exact) mass is 251 g/mol. The highest BCUT2D eigenvalue weighted by Crippen LogP contribution is 2.23. The van der Waals surface area contributed by atoms with E-state index in [-0.39, 0.29) is 0 Å². The highest BCUT2D eigenvalue weighted by Gasteiger charge is 2.15. The Morgan fingerprint density at radius 2 is 2.53 bits per heavy atom. The Hall–Kier alpha value is -1.31.